The van der Waals surface area contributed by atoms with E-state index in [1.807, 2.05) is 18.2 Å². The number of rotatable bonds is 48. The molecule has 0 fully saturated rings. The zero-order chi connectivity index (χ0) is 51.3. The molecule has 0 radical (unpaired) electrons. The van der Waals surface area contributed by atoms with Crippen molar-refractivity contribution in [2.45, 2.75) is 213 Å². The lowest BCUT2D eigenvalue weighted by atomic mass is 10.1. The predicted octanol–water partition coefficient (Wildman–Crippen LogP) is 15.5. The highest BCUT2D eigenvalue weighted by Crippen LogP contribution is 2.43. The fraction of sp³-hybridized carbons (Fsp3) is 0.638. The second-order valence-electron chi connectivity index (χ2n) is 17.3. The number of hydrogen-bond acceptors (Lipinski definition) is 10. The fourth-order valence-corrected chi connectivity index (χ4v) is 7.43. The molecule has 0 aromatic rings. The molecule has 0 rings (SSSR count). The molecule has 3 atom stereocenters. The van der Waals surface area contributed by atoms with E-state index in [4.69, 9.17) is 23.3 Å². The van der Waals surface area contributed by atoms with Crippen molar-refractivity contribution in [2.75, 3.05) is 26.4 Å². The number of aliphatic hydroxyl groups excluding tert-OH is 1. The molecule has 0 bridgehead atoms. The van der Waals surface area contributed by atoms with Crippen LogP contribution in [-0.2, 0) is 42.2 Å². The van der Waals surface area contributed by atoms with Crippen molar-refractivity contribution in [1.29, 1.82) is 0 Å². The van der Waals surface area contributed by atoms with Crippen molar-refractivity contribution in [2.24, 2.45) is 0 Å². The van der Waals surface area contributed by atoms with E-state index in [9.17, 15) is 28.9 Å². The molecular weight excluding hydrogens is 904 g/mol. The normalized spacial score (nSPS) is 14.3. The van der Waals surface area contributed by atoms with Crippen LogP contribution in [-0.4, -0.2) is 66.5 Å². The molecule has 0 heterocycles. The molecule has 0 aliphatic heterocycles. The molecule has 0 amide bonds. The van der Waals surface area contributed by atoms with Crippen LogP contribution in [0, 0.1) is 0 Å². The first-order valence-corrected chi connectivity index (χ1v) is 28.3. The summed E-state index contributed by atoms with van der Waals surface area (Å²) in [6.07, 6.45) is 60.7. The molecule has 0 aliphatic rings. The molecule has 70 heavy (non-hydrogen) atoms. The van der Waals surface area contributed by atoms with E-state index < -0.39 is 57.8 Å². The van der Waals surface area contributed by atoms with Gasteiger partial charge in [-0.05, 0) is 109 Å². The molecule has 0 spiro atoms. The van der Waals surface area contributed by atoms with Crippen LogP contribution in [0.1, 0.15) is 201 Å². The highest BCUT2D eigenvalue weighted by Gasteiger charge is 2.28. The Balaban J connectivity index is 4.87. The van der Waals surface area contributed by atoms with Gasteiger partial charge < -0.3 is 24.2 Å². The van der Waals surface area contributed by atoms with Crippen LogP contribution in [0.3, 0.4) is 0 Å². The Kier molecular flexibility index (Phi) is 48.7. The first kappa shape index (κ1) is 66.1. The summed E-state index contributed by atoms with van der Waals surface area (Å²) in [5.74, 6) is -1.60. The van der Waals surface area contributed by atoms with Gasteiger partial charge in [-0.1, -0.05) is 182 Å². The van der Waals surface area contributed by atoms with E-state index in [1.165, 1.54) is 25.7 Å². The predicted molar refractivity (Wildman–Crippen MR) is 288 cm³/mol. The number of ether oxygens (including phenoxy) is 3. The minimum atomic E-state index is -4.78. The van der Waals surface area contributed by atoms with Crippen LogP contribution in [0.25, 0.3) is 0 Å². The number of phosphoric acid groups is 1. The molecule has 0 saturated heterocycles. The maximum atomic E-state index is 12.9. The van der Waals surface area contributed by atoms with Gasteiger partial charge in [-0.25, -0.2) is 4.57 Å². The number of aliphatic hydroxyl groups is 1. The minimum Gasteiger partial charge on any atom is -0.462 e. The van der Waals surface area contributed by atoms with Crippen molar-refractivity contribution in [1.82, 2.24) is 0 Å². The van der Waals surface area contributed by atoms with Gasteiger partial charge in [-0.2, -0.15) is 0 Å². The topological polar surface area (TPSA) is 155 Å². The van der Waals surface area contributed by atoms with E-state index in [1.54, 1.807) is 0 Å². The van der Waals surface area contributed by atoms with E-state index in [0.29, 0.717) is 19.3 Å². The molecule has 11 nitrogen and oxygen atoms in total. The molecule has 0 aliphatic carbocycles. The molecule has 398 valence electrons. The number of esters is 3. The first-order chi connectivity index (χ1) is 34.2. The Morgan fingerprint density at radius 2 is 0.771 bits per heavy atom. The molecule has 0 aromatic heterocycles. The molecule has 0 aromatic carbocycles. The van der Waals surface area contributed by atoms with Gasteiger partial charge in [-0.15, -0.1) is 0 Å². The third-order valence-electron chi connectivity index (χ3n) is 10.7. The molecule has 2 N–H and O–H groups in total. The summed E-state index contributed by atoms with van der Waals surface area (Å²) >= 11 is 0. The van der Waals surface area contributed by atoms with E-state index in [-0.39, 0.29) is 25.9 Å². The van der Waals surface area contributed by atoms with Gasteiger partial charge in [0.1, 0.15) is 12.7 Å². The average Bonchev–Trinajstić information content (AvgIpc) is 3.35. The lowest BCUT2D eigenvalue weighted by Gasteiger charge is -2.21. The summed E-state index contributed by atoms with van der Waals surface area (Å²) in [6, 6.07) is 0. The average molecular weight is 999 g/mol. The van der Waals surface area contributed by atoms with Crippen LogP contribution in [0.5, 0.6) is 0 Å². The zero-order valence-corrected chi connectivity index (χ0v) is 44.6. The summed E-state index contributed by atoms with van der Waals surface area (Å²) in [6.45, 7) is 4.25. The van der Waals surface area contributed by atoms with Gasteiger partial charge in [0.25, 0.3) is 0 Å². The smallest absolute Gasteiger partial charge is 0.462 e. The van der Waals surface area contributed by atoms with Crippen LogP contribution >= 0.6 is 7.82 Å². The summed E-state index contributed by atoms with van der Waals surface area (Å²) in [4.78, 5) is 48.3. The number of phosphoric ester groups is 1. The Morgan fingerprint density at radius 1 is 0.414 bits per heavy atom. The largest absolute Gasteiger partial charge is 0.472 e. The molecule has 3 unspecified atom stereocenters. The third kappa shape index (κ3) is 49.1. The number of unbranched alkanes of at least 4 members (excludes halogenated alkanes) is 13. The monoisotopic (exact) mass is 999 g/mol. The number of carbonyl (C=O) groups excluding carboxylic acids is 3. The van der Waals surface area contributed by atoms with Crippen LogP contribution in [0.2, 0.25) is 0 Å². The van der Waals surface area contributed by atoms with Gasteiger partial charge in [0.2, 0.25) is 0 Å². The van der Waals surface area contributed by atoms with Crippen molar-refractivity contribution >= 4 is 25.7 Å². The molecule has 12 heteroatoms. The van der Waals surface area contributed by atoms with E-state index in [2.05, 4.69) is 112 Å². The van der Waals surface area contributed by atoms with Crippen molar-refractivity contribution in [3.05, 3.63) is 109 Å². The number of allylic oxidation sites excluding steroid dienone is 18. The van der Waals surface area contributed by atoms with Crippen molar-refractivity contribution in [3.63, 3.8) is 0 Å². The maximum absolute atomic E-state index is 12.9. The number of carbonyl (C=O) groups is 3. The van der Waals surface area contributed by atoms with E-state index in [0.717, 1.165) is 116 Å². The third-order valence-corrected chi connectivity index (χ3v) is 11.6. The van der Waals surface area contributed by atoms with Crippen molar-refractivity contribution < 1.29 is 52.2 Å². The second kappa shape index (κ2) is 51.5. The van der Waals surface area contributed by atoms with Gasteiger partial charge in [0.05, 0.1) is 19.8 Å². The van der Waals surface area contributed by atoms with Gasteiger partial charge in [0, 0.05) is 19.3 Å². The summed E-state index contributed by atoms with van der Waals surface area (Å²) < 4.78 is 39.3. The van der Waals surface area contributed by atoms with Gasteiger partial charge >= 0.3 is 25.7 Å². The second-order valence-corrected chi connectivity index (χ2v) is 18.7. The lowest BCUT2D eigenvalue weighted by Crippen LogP contribution is -2.30. The summed E-state index contributed by atoms with van der Waals surface area (Å²) in [7, 11) is -4.78. The maximum Gasteiger partial charge on any atom is 0.472 e. The number of hydrogen-bond donors (Lipinski definition) is 2. The minimum absolute atomic E-state index is 0.0486. The highest BCUT2D eigenvalue weighted by atomic mass is 31.2. The molecule has 0 saturated carbocycles. The molecular formula is C58H95O11P. The quantitative estimate of drug-likeness (QED) is 0.0197. The Bertz CT molecular complexity index is 1590. The lowest BCUT2D eigenvalue weighted by molar-refractivity contribution is -0.161. The SMILES string of the molecule is CC/C=C\C/C=C\C/C=C\C/C=C\CCCCCCC(=O)OC(COC(=O)CCCCCCC/C=C\CCCCCC)COP(=O)(O)OCC(CO)OC(=O)CC/C=C\C/C=C\C/C=C\C/C=C\CC. The van der Waals surface area contributed by atoms with Crippen LogP contribution in [0.15, 0.2) is 109 Å². The van der Waals surface area contributed by atoms with Gasteiger partial charge in [-0.3, -0.25) is 23.4 Å². The standard InChI is InChI=1S/C58H95O11P/c1-4-7-10-13-16-19-22-25-26-27-28-31-34-37-40-43-46-49-58(62)69-55(51-65-56(60)47-44-41-38-35-32-29-23-20-17-14-11-8-5-2)53-67-70(63,64)66-52-54(50-59)68-57(61)48-45-42-39-36-33-30-24-21-18-15-12-9-6-3/h7,9-10,12,16,18-21,23,25-26,28,30-31,33,39,42,54-55,59H,4-6,8,11,13-15,17,22,24,27,29,32,34-38,40-41,43-53H2,1-3H3,(H,63,64)/b10-7-,12-9-,19-16-,21-18-,23-20-,26-25-,31-28-,33-30-,42-39-. The van der Waals surface area contributed by atoms with E-state index >= 15 is 0 Å². The van der Waals surface area contributed by atoms with Crippen molar-refractivity contribution in [3.8, 4) is 0 Å². The Labute approximate surface area is 425 Å². The fourth-order valence-electron chi connectivity index (χ4n) is 6.65. The summed E-state index contributed by atoms with van der Waals surface area (Å²) in [5, 5.41) is 9.77. The Hall–Kier alpha value is -3.86. The summed E-state index contributed by atoms with van der Waals surface area (Å²) in [5.41, 5.74) is 0. The van der Waals surface area contributed by atoms with Gasteiger partial charge in [0.15, 0.2) is 6.10 Å². The van der Waals surface area contributed by atoms with Crippen LogP contribution in [0.4, 0.5) is 0 Å². The highest BCUT2D eigenvalue weighted by molar-refractivity contribution is 7.47. The first-order valence-electron chi connectivity index (χ1n) is 26.8. The zero-order valence-electron chi connectivity index (χ0n) is 43.7. The van der Waals surface area contributed by atoms with Crippen LogP contribution < -0.4 is 0 Å². The Morgan fingerprint density at radius 3 is 1.24 bits per heavy atom.